The molecule has 15 heavy (non-hydrogen) atoms. The van der Waals surface area contributed by atoms with E-state index >= 15 is 0 Å². The first kappa shape index (κ1) is 10.4. The lowest BCUT2D eigenvalue weighted by Crippen LogP contribution is -2.12. The fourth-order valence-electron chi connectivity index (χ4n) is 1.40. The maximum Gasteiger partial charge on any atom is 0.0991 e. The summed E-state index contributed by atoms with van der Waals surface area (Å²) in [6, 6.07) is 2.20. The molecule has 0 aromatic carbocycles. The van der Waals surface area contributed by atoms with Crippen LogP contribution in [0.1, 0.15) is 18.2 Å². The van der Waals surface area contributed by atoms with Gasteiger partial charge in [0.2, 0.25) is 0 Å². The second-order valence-corrected chi connectivity index (χ2v) is 4.41. The van der Waals surface area contributed by atoms with Gasteiger partial charge in [0.15, 0.2) is 0 Å². The highest BCUT2D eigenvalue weighted by Gasteiger charge is 2.00. The number of imidazole rings is 1. The average molecular weight is 221 g/mol. The van der Waals surface area contributed by atoms with Crippen LogP contribution in [0, 0.1) is 0 Å². The van der Waals surface area contributed by atoms with Crippen LogP contribution in [0.25, 0.3) is 5.69 Å². The summed E-state index contributed by atoms with van der Waals surface area (Å²) in [6.07, 6.45) is 6.77. The molecule has 0 amide bonds. The Bertz CT molecular complexity index is 392. The summed E-state index contributed by atoms with van der Waals surface area (Å²) in [7, 11) is 0. The number of hydrogen-bond acceptors (Lipinski definition) is 3. The second kappa shape index (κ2) is 5.09. The van der Waals surface area contributed by atoms with Gasteiger partial charge in [-0.3, -0.25) is 0 Å². The number of nitrogens with one attached hydrogen (secondary N) is 1. The number of thiophene rings is 1. The van der Waals surface area contributed by atoms with E-state index in [0.29, 0.717) is 0 Å². The van der Waals surface area contributed by atoms with Crippen molar-refractivity contribution >= 4 is 11.3 Å². The minimum absolute atomic E-state index is 0.965. The molecule has 0 unspecified atom stereocenters. The number of nitrogens with zero attached hydrogens (tertiary/aromatic N) is 2. The molecule has 0 aliphatic heterocycles. The van der Waals surface area contributed by atoms with Crippen LogP contribution in [0.5, 0.6) is 0 Å². The molecule has 0 aliphatic rings. The zero-order valence-electron chi connectivity index (χ0n) is 8.81. The van der Waals surface area contributed by atoms with Crippen molar-refractivity contribution in [3.63, 3.8) is 0 Å². The molecular formula is C11H15N3S. The Morgan fingerprint density at radius 2 is 2.47 bits per heavy atom. The van der Waals surface area contributed by atoms with Gasteiger partial charge in [-0.1, -0.05) is 6.92 Å². The molecule has 4 heteroatoms. The molecule has 2 aromatic rings. The molecular weight excluding hydrogens is 206 g/mol. The first-order valence-corrected chi connectivity index (χ1v) is 6.04. The summed E-state index contributed by atoms with van der Waals surface area (Å²) < 4.78 is 2.03. The van der Waals surface area contributed by atoms with Gasteiger partial charge < -0.3 is 9.88 Å². The number of hydrogen-bond donors (Lipinski definition) is 1. The Labute approximate surface area is 93.8 Å². The van der Waals surface area contributed by atoms with Crippen LogP contribution in [0.2, 0.25) is 0 Å². The lowest BCUT2D eigenvalue weighted by atomic mass is 10.4. The highest BCUT2D eigenvalue weighted by Crippen LogP contribution is 2.17. The summed E-state index contributed by atoms with van der Waals surface area (Å²) in [5, 5.41) is 5.55. The maximum absolute atomic E-state index is 4.04. The van der Waals surface area contributed by atoms with Gasteiger partial charge in [0.25, 0.3) is 0 Å². The van der Waals surface area contributed by atoms with Crippen molar-refractivity contribution in [3.05, 3.63) is 35.0 Å². The van der Waals surface area contributed by atoms with E-state index in [2.05, 4.69) is 28.7 Å². The number of aromatic nitrogens is 2. The molecule has 2 rings (SSSR count). The third-order valence-electron chi connectivity index (χ3n) is 2.17. The largest absolute Gasteiger partial charge is 0.312 e. The predicted molar refractivity (Wildman–Crippen MR) is 63.4 cm³/mol. The van der Waals surface area contributed by atoms with E-state index in [4.69, 9.17) is 0 Å². The Morgan fingerprint density at radius 1 is 1.53 bits per heavy atom. The van der Waals surface area contributed by atoms with Crippen LogP contribution < -0.4 is 5.32 Å². The highest BCUT2D eigenvalue weighted by atomic mass is 32.1. The van der Waals surface area contributed by atoms with Crippen molar-refractivity contribution in [1.82, 2.24) is 14.9 Å². The lowest BCUT2D eigenvalue weighted by molar-refractivity contribution is 0.681. The maximum atomic E-state index is 4.04. The van der Waals surface area contributed by atoms with Crippen LogP contribution in [0.15, 0.2) is 30.2 Å². The molecule has 0 radical (unpaired) electrons. The van der Waals surface area contributed by atoms with E-state index in [0.717, 1.165) is 13.1 Å². The molecule has 0 atom stereocenters. The van der Waals surface area contributed by atoms with Crippen LogP contribution >= 0.6 is 11.3 Å². The molecule has 0 saturated carbocycles. The normalized spacial score (nSPS) is 10.7. The van der Waals surface area contributed by atoms with Gasteiger partial charge in [-0.15, -0.1) is 11.3 Å². The van der Waals surface area contributed by atoms with E-state index in [9.17, 15) is 0 Å². The Hall–Kier alpha value is -1.13. The zero-order valence-corrected chi connectivity index (χ0v) is 9.63. The van der Waals surface area contributed by atoms with Crippen LogP contribution in [0.4, 0.5) is 0 Å². The van der Waals surface area contributed by atoms with Gasteiger partial charge in [-0.05, 0) is 19.0 Å². The topological polar surface area (TPSA) is 29.9 Å². The Balaban J connectivity index is 1.98. The predicted octanol–water partition coefficient (Wildman–Crippen LogP) is 2.43. The van der Waals surface area contributed by atoms with Crippen molar-refractivity contribution in [2.75, 3.05) is 6.54 Å². The highest BCUT2D eigenvalue weighted by molar-refractivity contribution is 7.10. The van der Waals surface area contributed by atoms with Gasteiger partial charge in [0.05, 0.1) is 12.0 Å². The van der Waals surface area contributed by atoms with E-state index < -0.39 is 0 Å². The molecule has 0 spiro atoms. The Kier molecular flexibility index (Phi) is 3.53. The summed E-state index contributed by atoms with van der Waals surface area (Å²) in [4.78, 5) is 5.40. The molecule has 1 N–H and O–H groups in total. The molecule has 80 valence electrons. The van der Waals surface area contributed by atoms with Gasteiger partial charge in [-0.2, -0.15) is 0 Å². The van der Waals surface area contributed by atoms with E-state index in [1.807, 2.05) is 17.1 Å². The van der Waals surface area contributed by atoms with E-state index in [1.165, 1.54) is 17.0 Å². The number of rotatable bonds is 5. The SMILES string of the molecule is CCCNCc1cc(-n2ccnc2)cs1. The van der Waals surface area contributed by atoms with Gasteiger partial charge >= 0.3 is 0 Å². The molecule has 0 aliphatic carbocycles. The quantitative estimate of drug-likeness (QED) is 0.786. The van der Waals surface area contributed by atoms with Crippen molar-refractivity contribution < 1.29 is 0 Å². The second-order valence-electron chi connectivity index (χ2n) is 3.42. The van der Waals surface area contributed by atoms with Crippen LogP contribution in [-0.4, -0.2) is 16.1 Å². The van der Waals surface area contributed by atoms with Crippen molar-refractivity contribution in [3.8, 4) is 5.69 Å². The third kappa shape index (κ3) is 2.67. The first-order valence-electron chi connectivity index (χ1n) is 5.16. The fraction of sp³-hybridized carbons (Fsp3) is 0.364. The van der Waals surface area contributed by atoms with Gasteiger partial charge in [0.1, 0.15) is 0 Å². The van der Waals surface area contributed by atoms with Gasteiger partial charge in [0, 0.05) is 29.2 Å². The zero-order chi connectivity index (χ0) is 10.5. The van der Waals surface area contributed by atoms with E-state index in [-0.39, 0.29) is 0 Å². The third-order valence-corrected chi connectivity index (χ3v) is 3.09. The first-order chi connectivity index (χ1) is 7.40. The standard InChI is InChI=1S/C11H15N3S/c1-2-3-12-7-11-6-10(8-15-11)14-5-4-13-9-14/h4-6,8-9,12H,2-3,7H2,1H3. The summed E-state index contributed by atoms with van der Waals surface area (Å²) in [5.41, 5.74) is 1.20. The molecule has 2 heterocycles. The molecule has 3 nitrogen and oxygen atoms in total. The fourth-order valence-corrected chi connectivity index (χ4v) is 2.23. The molecule has 0 saturated heterocycles. The van der Waals surface area contributed by atoms with Crippen LogP contribution in [0.3, 0.4) is 0 Å². The molecule has 0 bridgehead atoms. The molecule has 2 aromatic heterocycles. The smallest absolute Gasteiger partial charge is 0.0991 e. The molecule has 0 fully saturated rings. The summed E-state index contributed by atoms with van der Waals surface area (Å²) in [6.45, 7) is 4.23. The minimum Gasteiger partial charge on any atom is -0.312 e. The van der Waals surface area contributed by atoms with Gasteiger partial charge in [-0.25, -0.2) is 4.98 Å². The van der Waals surface area contributed by atoms with Crippen molar-refractivity contribution in [1.29, 1.82) is 0 Å². The lowest BCUT2D eigenvalue weighted by Gasteiger charge is -1.99. The Morgan fingerprint density at radius 3 is 3.20 bits per heavy atom. The van der Waals surface area contributed by atoms with E-state index in [1.54, 1.807) is 17.5 Å². The summed E-state index contributed by atoms with van der Waals surface area (Å²) in [5.74, 6) is 0. The van der Waals surface area contributed by atoms with Crippen molar-refractivity contribution in [2.24, 2.45) is 0 Å². The monoisotopic (exact) mass is 221 g/mol. The summed E-state index contributed by atoms with van der Waals surface area (Å²) >= 11 is 1.79. The van der Waals surface area contributed by atoms with Crippen molar-refractivity contribution in [2.45, 2.75) is 19.9 Å². The average Bonchev–Trinajstić information content (AvgIpc) is 2.87. The van der Waals surface area contributed by atoms with Crippen LogP contribution in [-0.2, 0) is 6.54 Å². The minimum atomic E-state index is 0.965.